The molecule has 3 nitrogen and oxygen atoms in total. The zero-order valence-corrected chi connectivity index (χ0v) is 9.44. The van der Waals surface area contributed by atoms with Gasteiger partial charge in [0.25, 0.3) is 0 Å². The van der Waals surface area contributed by atoms with E-state index in [0.717, 1.165) is 0 Å². The number of carboxylic acid groups (broad SMARTS) is 1. The molecule has 0 heterocycles. The molecule has 3 heteroatoms. The molecular weight excluding hydrogens is 202 g/mol. The fraction of sp³-hybridized carbons (Fsp3) is 0.462. The van der Waals surface area contributed by atoms with Crippen LogP contribution in [-0.4, -0.2) is 17.6 Å². The minimum absolute atomic E-state index is 0.241. The predicted molar refractivity (Wildman–Crippen MR) is 62.3 cm³/mol. The summed E-state index contributed by atoms with van der Waals surface area (Å²) >= 11 is 0. The molecule has 0 radical (unpaired) electrons. The van der Waals surface area contributed by atoms with Gasteiger partial charge in [0, 0.05) is 6.54 Å². The summed E-state index contributed by atoms with van der Waals surface area (Å²) in [5, 5.41) is 9.11. The van der Waals surface area contributed by atoms with Crippen LogP contribution in [0.25, 0.3) is 0 Å². The summed E-state index contributed by atoms with van der Waals surface area (Å²) in [6, 6.07) is 8.31. The summed E-state index contributed by atoms with van der Waals surface area (Å²) in [6.45, 7) is 2.29. The lowest BCUT2D eigenvalue weighted by Crippen LogP contribution is -2.48. The first kappa shape index (κ1) is 11.1. The molecule has 0 amide bonds. The van der Waals surface area contributed by atoms with Crippen molar-refractivity contribution in [1.29, 1.82) is 0 Å². The van der Waals surface area contributed by atoms with E-state index in [1.807, 2.05) is 6.92 Å². The lowest BCUT2D eigenvalue weighted by Gasteiger charge is -2.44. The standard InChI is InChI=1S/C13H17NO2/c1-9-2-4-10(5-3-9)11-6-13(7-11,8-14)12(15)16/h2-5,11H,6-8,14H2,1H3,(H,15,16). The maximum atomic E-state index is 11.1. The smallest absolute Gasteiger partial charge is 0.310 e. The molecule has 1 aliphatic carbocycles. The van der Waals surface area contributed by atoms with E-state index in [0.29, 0.717) is 18.8 Å². The minimum Gasteiger partial charge on any atom is -0.481 e. The summed E-state index contributed by atoms with van der Waals surface area (Å²) < 4.78 is 0. The van der Waals surface area contributed by atoms with Crippen molar-refractivity contribution < 1.29 is 9.90 Å². The van der Waals surface area contributed by atoms with Crippen LogP contribution in [0, 0.1) is 12.3 Å². The predicted octanol–water partition coefficient (Wildman–Crippen LogP) is 1.90. The third-order valence-corrected chi connectivity index (χ3v) is 3.67. The molecule has 16 heavy (non-hydrogen) atoms. The van der Waals surface area contributed by atoms with E-state index in [4.69, 9.17) is 10.8 Å². The maximum absolute atomic E-state index is 11.1. The Morgan fingerprint density at radius 2 is 2.00 bits per heavy atom. The van der Waals surface area contributed by atoms with Crippen molar-refractivity contribution >= 4 is 5.97 Å². The largest absolute Gasteiger partial charge is 0.481 e. The summed E-state index contributed by atoms with van der Waals surface area (Å²) in [4.78, 5) is 11.1. The number of hydrogen-bond donors (Lipinski definition) is 2. The van der Waals surface area contributed by atoms with Crippen LogP contribution in [0.1, 0.15) is 29.9 Å². The van der Waals surface area contributed by atoms with E-state index in [1.165, 1.54) is 11.1 Å². The monoisotopic (exact) mass is 219 g/mol. The van der Waals surface area contributed by atoms with Crippen molar-refractivity contribution in [3.8, 4) is 0 Å². The molecule has 0 aromatic heterocycles. The third kappa shape index (κ3) is 1.71. The van der Waals surface area contributed by atoms with Gasteiger partial charge in [0.15, 0.2) is 0 Å². The zero-order chi connectivity index (χ0) is 11.8. The van der Waals surface area contributed by atoms with Crippen molar-refractivity contribution in [2.45, 2.75) is 25.7 Å². The fourth-order valence-corrected chi connectivity index (χ4v) is 2.39. The van der Waals surface area contributed by atoms with Crippen molar-refractivity contribution in [3.05, 3.63) is 35.4 Å². The number of aryl methyl sites for hydroxylation is 1. The molecular formula is C13H17NO2. The van der Waals surface area contributed by atoms with Gasteiger partial charge in [-0.2, -0.15) is 0 Å². The second-order valence-corrected chi connectivity index (χ2v) is 4.81. The van der Waals surface area contributed by atoms with Gasteiger partial charge in [-0.3, -0.25) is 4.79 Å². The quantitative estimate of drug-likeness (QED) is 0.816. The molecule has 0 unspecified atom stereocenters. The molecule has 3 N–H and O–H groups in total. The first-order chi connectivity index (χ1) is 7.57. The van der Waals surface area contributed by atoms with Gasteiger partial charge in [-0.25, -0.2) is 0 Å². The summed E-state index contributed by atoms with van der Waals surface area (Å²) in [6.07, 6.45) is 1.34. The van der Waals surface area contributed by atoms with Crippen molar-refractivity contribution in [2.75, 3.05) is 6.54 Å². The van der Waals surface area contributed by atoms with Gasteiger partial charge in [0.05, 0.1) is 5.41 Å². The second-order valence-electron chi connectivity index (χ2n) is 4.81. The molecule has 0 atom stereocenters. The average Bonchev–Trinajstić information content (AvgIpc) is 2.19. The van der Waals surface area contributed by atoms with E-state index in [9.17, 15) is 4.79 Å². The molecule has 0 aliphatic heterocycles. The molecule has 0 saturated heterocycles. The average molecular weight is 219 g/mol. The van der Waals surface area contributed by atoms with Crippen molar-refractivity contribution in [1.82, 2.24) is 0 Å². The van der Waals surface area contributed by atoms with Gasteiger partial charge < -0.3 is 10.8 Å². The Kier molecular flexibility index (Phi) is 2.72. The van der Waals surface area contributed by atoms with E-state index in [2.05, 4.69) is 24.3 Å². The number of benzene rings is 1. The van der Waals surface area contributed by atoms with Crippen LogP contribution in [0.15, 0.2) is 24.3 Å². The topological polar surface area (TPSA) is 63.3 Å². The lowest BCUT2D eigenvalue weighted by molar-refractivity contribution is -0.154. The van der Waals surface area contributed by atoms with E-state index >= 15 is 0 Å². The molecule has 2 rings (SSSR count). The molecule has 1 saturated carbocycles. The number of aliphatic carboxylic acids is 1. The highest BCUT2D eigenvalue weighted by Gasteiger charge is 2.49. The Morgan fingerprint density at radius 1 is 1.44 bits per heavy atom. The normalized spacial score (nSPS) is 28.5. The number of rotatable bonds is 3. The van der Waals surface area contributed by atoms with Gasteiger partial charge in [-0.1, -0.05) is 29.8 Å². The summed E-state index contributed by atoms with van der Waals surface area (Å²) in [5.41, 5.74) is 7.34. The molecule has 1 aliphatic rings. The van der Waals surface area contributed by atoms with Gasteiger partial charge in [0.1, 0.15) is 0 Å². The van der Waals surface area contributed by atoms with Crippen LogP contribution in [0.5, 0.6) is 0 Å². The van der Waals surface area contributed by atoms with Gasteiger partial charge in [-0.15, -0.1) is 0 Å². The Morgan fingerprint density at radius 3 is 2.44 bits per heavy atom. The second kappa shape index (κ2) is 3.91. The van der Waals surface area contributed by atoms with Crippen LogP contribution in [-0.2, 0) is 4.79 Å². The van der Waals surface area contributed by atoms with Crippen LogP contribution in [0.3, 0.4) is 0 Å². The minimum atomic E-state index is -0.752. The van der Waals surface area contributed by atoms with E-state index < -0.39 is 11.4 Å². The first-order valence-electron chi connectivity index (χ1n) is 5.57. The number of carboxylic acids is 1. The fourth-order valence-electron chi connectivity index (χ4n) is 2.39. The number of carbonyl (C=O) groups is 1. The lowest BCUT2D eigenvalue weighted by atomic mass is 9.60. The van der Waals surface area contributed by atoms with E-state index in [1.54, 1.807) is 0 Å². The molecule has 86 valence electrons. The molecule has 0 spiro atoms. The third-order valence-electron chi connectivity index (χ3n) is 3.67. The van der Waals surface area contributed by atoms with Gasteiger partial charge in [0.2, 0.25) is 0 Å². The van der Waals surface area contributed by atoms with Crippen LogP contribution in [0.4, 0.5) is 0 Å². The SMILES string of the molecule is Cc1ccc(C2CC(CN)(C(=O)O)C2)cc1. The van der Waals surface area contributed by atoms with Crippen molar-refractivity contribution in [2.24, 2.45) is 11.1 Å². The molecule has 1 aromatic carbocycles. The maximum Gasteiger partial charge on any atom is 0.310 e. The first-order valence-corrected chi connectivity index (χ1v) is 5.57. The van der Waals surface area contributed by atoms with Crippen LogP contribution in [0.2, 0.25) is 0 Å². The van der Waals surface area contributed by atoms with Gasteiger partial charge in [-0.05, 0) is 31.2 Å². The Bertz CT molecular complexity index is 391. The van der Waals surface area contributed by atoms with Crippen LogP contribution >= 0.6 is 0 Å². The molecule has 1 aromatic rings. The zero-order valence-electron chi connectivity index (χ0n) is 9.44. The molecule has 1 fully saturated rings. The number of nitrogens with two attached hydrogens (primary N) is 1. The van der Waals surface area contributed by atoms with Crippen LogP contribution < -0.4 is 5.73 Å². The summed E-state index contributed by atoms with van der Waals surface area (Å²) in [7, 11) is 0. The highest BCUT2D eigenvalue weighted by molar-refractivity contribution is 5.76. The number of hydrogen-bond acceptors (Lipinski definition) is 2. The van der Waals surface area contributed by atoms with Crippen molar-refractivity contribution in [3.63, 3.8) is 0 Å². The molecule has 0 bridgehead atoms. The Balaban J connectivity index is 2.07. The van der Waals surface area contributed by atoms with Gasteiger partial charge >= 0.3 is 5.97 Å². The summed E-state index contributed by atoms with van der Waals surface area (Å²) in [5.74, 6) is -0.390. The Hall–Kier alpha value is -1.35. The Labute approximate surface area is 95.3 Å². The highest BCUT2D eigenvalue weighted by atomic mass is 16.4. The highest BCUT2D eigenvalue weighted by Crippen LogP contribution is 2.50. The van der Waals surface area contributed by atoms with E-state index in [-0.39, 0.29) is 6.54 Å².